The number of aromatic nitrogens is 1. The Kier molecular flexibility index (Phi) is 4.62. The predicted octanol–water partition coefficient (Wildman–Crippen LogP) is 2.68. The van der Waals surface area contributed by atoms with Gasteiger partial charge in [0.15, 0.2) is 6.61 Å². The van der Waals surface area contributed by atoms with Crippen molar-refractivity contribution in [3.8, 4) is 5.75 Å². The molecule has 2 heterocycles. The van der Waals surface area contributed by atoms with E-state index in [9.17, 15) is 9.59 Å². The minimum Gasteiger partial charge on any atom is -0.483 e. The molecule has 6 heteroatoms. The first-order chi connectivity index (χ1) is 13.1. The number of nitrogens with zero attached hydrogens (tertiary/aromatic N) is 1. The van der Waals surface area contributed by atoms with Crippen molar-refractivity contribution in [1.82, 2.24) is 10.3 Å². The van der Waals surface area contributed by atoms with Gasteiger partial charge in [0.25, 0.3) is 5.91 Å². The zero-order valence-electron chi connectivity index (χ0n) is 15.1. The average Bonchev–Trinajstić information content (AvgIpc) is 3.18. The quantitative estimate of drug-likeness (QED) is 0.704. The number of aryl methyl sites for hydroxylation is 2. The second kappa shape index (κ2) is 7.23. The Hall–Kier alpha value is -3.15. The highest BCUT2D eigenvalue weighted by Crippen LogP contribution is 2.32. The fourth-order valence-electron chi connectivity index (χ4n) is 3.51. The molecule has 138 valence electrons. The maximum Gasteiger partial charge on any atom is 0.339 e. The average molecular weight is 364 g/mol. The molecule has 0 spiro atoms. The first-order valence-electron chi connectivity index (χ1n) is 9.01. The molecule has 1 amide bonds. The third-order valence-corrected chi connectivity index (χ3v) is 4.89. The molecule has 0 bridgehead atoms. The summed E-state index contributed by atoms with van der Waals surface area (Å²) in [5, 5.41) is 3.73. The van der Waals surface area contributed by atoms with Crippen LogP contribution in [0.1, 0.15) is 28.8 Å². The van der Waals surface area contributed by atoms with Gasteiger partial charge in [0.1, 0.15) is 11.3 Å². The number of nitrogens with one attached hydrogen (secondary N) is 1. The van der Waals surface area contributed by atoms with Gasteiger partial charge in [-0.05, 0) is 56.0 Å². The summed E-state index contributed by atoms with van der Waals surface area (Å²) in [4.78, 5) is 28.4. The van der Waals surface area contributed by atoms with Crippen LogP contribution in [0.15, 0.2) is 45.7 Å². The molecule has 1 aliphatic rings. The van der Waals surface area contributed by atoms with E-state index in [4.69, 9.17) is 9.15 Å². The second-order valence-corrected chi connectivity index (χ2v) is 6.65. The number of amides is 1. The maximum absolute atomic E-state index is 12.2. The van der Waals surface area contributed by atoms with Crippen LogP contribution in [0.4, 0.5) is 0 Å². The maximum atomic E-state index is 12.2. The third kappa shape index (κ3) is 3.43. The van der Waals surface area contributed by atoms with Gasteiger partial charge in [0.05, 0.1) is 12.2 Å². The van der Waals surface area contributed by atoms with E-state index in [0.29, 0.717) is 17.9 Å². The van der Waals surface area contributed by atoms with Crippen molar-refractivity contribution in [2.24, 2.45) is 0 Å². The lowest BCUT2D eigenvalue weighted by molar-refractivity contribution is -0.123. The Morgan fingerprint density at radius 1 is 1.22 bits per heavy atom. The topological polar surface area (TPSA) is 81.4 Å². The van der Waals surface area contributed by atoms with Crippen molar-refractivity contribution in [3.05, 3.63) is 69.3 Å². The van der Waals surface area contributed by atoms with Crippen molar-refractivity contribution < 1.29 is 13.9 Å². The van der Waals surface area contributed by atoms with E-state index in [1.54, 1.807) is 6.20 Å². The minimum atomic E-state index is -0.261. The van der Waals surface area contributed by atoms with Crippen LogP contribution < -0.4 is 15.7 Å². The zero-order valence-corrected chi connectivity index (χ0v) is 15.1. The summed E-state index contributed by atoms with van der Waals surface area (Å²) in [6.07, 6.45) is 4.34. The predicted molar refractivity (Wildman–Crippen MR) is 101 cm³/mol. The fourth-order valence-corrected chi connectivity index (χ4v) is 3.51. The van der Waals surface area contributed by atoms with E-state index in [2.05, 4.69) is 10.3 Å². The van der Waals surface area contributed by atoms with Crippen molar-refractivity contribution >= 4 is 16.9 Å². The number of rotatable bonds is 5. The summed E-state index contributed by atoms with van der Waals surface area (Å²) in [7, 11) is 0. The molecule has 1 aliphatic carbocycles. The molecule has 4 rings (SSSR count). The van der Waals surface area contributed by atoms with Crippen molar-refractivity contribution in [1.29, 1.82) is 0 Å². The molecule has 1 N–H and O–H groups in total. The summed E-state index contributed by atoms with van der Waals surface area (Å²) in [6.45, 7) is 2.07. The van der Waals surface area contributed by atoms with Crippen molar-refractivity contribution in [2.75, 3.05) is 6.61 Å². The number of hydrogen-bond donors (Lipinski definition) is 1. The number of carbonyl (C=O) groups excluding carboxylic acids is 1. The van der Waals surface area contributed by atoms with Gasteiger partial charge in [-0.2, -0.15) is 0 Å². The van der Waals surface area contributed by atoms with Crippen LogP contribution in [0.2, 0.25) is 0 Å². The lowest BCUT2D eigenvalue weighted by Gasteiger charge is -2.12. The van der Waals surface area contributed by atoms with Crippen LogP contribution in [0, 0.1) is 6.92 Å². The van der Waals surface area contributed by atoms with Crippen molar-refractivity contribution in [3.63, 3.8) is 0 Å². The molecule has 0 unspecified atom stereocenters. The van der Waals surface area contributed by atoms with Crippen LogP contribution in [0.3, 0.4) is 0 Å². The van der Waals surface area contributed by atoms with Gasteiger partial charge in [-0.3, -0.25) is 9.78 Å². The molecule has 0 atom stereocenters. The summed E-state index contributed by atoms with van der Waals surface area (Å²) < 4.78 is 11.2. The summed E-state index contributed by atoms with van der Waals surface area (Å²) in [5.74, 6) is 0.298. The van der Waals surface area contributed by atoms with Gasteiger partial charge in [-0.1, -0.05) is 6.07 Å². The lowest BCUT2D eigenvalue weighted by atomic mass is 10.0. The highest BCUT2D eigenvalue weighted by molar-refractivity contribution is 5.86. The molecule has 6 nitrogen and oxygen atoms in total. The number of pyridine rings is 1. The zero-order chi connectivity index (χ0) is 18.8. The van der Waals surface area contributed by atoms with E-state index in [1.807, 2.05) is 37.3 Å². The molecule has 27 heavy (non-hydrogen) atoms. The van der Waals surface area contributed by atoms with Gasteiger partial charge >= 0.3 is 5.63 Å². The Morgan fingerprint density at radius 2 is 2.07 bits per heavy atom. The van der Waals surface area contributed by atoms with E-state index in [0.717, 1.165) is 47.0 Å². The minimum absolute atomic E-state index is 0.117. The number of ether oxygens (including phenoxy) is 1. The van der Waals surface area contributed by atoms with Gasteiger partial charge in [-0.15, -0.1) is 0 Å². The van der Waals surface area contributed by atoms with E-state index < -0.39 is 0 Å². The van der Waals surface area contributed by atoms with Crippen LogP contribution in [0.25, 0.3) is 11.0 Å². The Morgan fingerprint density at radius 3 is 2.89 bits per heavy atom. The molecule has 0 radical (unpaired) electrons. The van der Waals surface area contributed by atoms with Crippen LogP contribution in [-0.4, -0.2) is 17.5 Å². The van der Waals surface area contributed by atoms with Crippen molar-refractivity contribution in [2.45, 2.75) is 32.7 Å². The van der Waals surface area contributed by atoms with Gasteiger partial charge in [-0.25, -0.2) is 4.79 Å². The monoisotopic (exact) mass is 364 g/mol. The Balaban J connectivity index is 1.48. The van der Waals surface area contributed by atoms with Gasteiger partial charge < -0.3 is 14.5 Å². The molecule has 0 saturated carbocycles. The first kappa shape index (κ1) is 17.3. The largest absolute Gasteiger partial charge is 0.483 e. The normalized spacial score (nSPS) is 12.8. The number of hydrogen-bond acceptors (Lipinski definition) is 5. The Bertz CT molecular complexity index is 1060. The smallest absolute Gasteiger partial charge is 0.339 e. The highest BCUT2D eigenvalue weighted by atomic mass is 16.5. The first-order valence-corrected chi connectivity index (χ1v) is 9.01. The second-order valence-electron chi connectivity index (χ2n) is 6.65. The van der Waals surface area contributed by atoms with E-state index >= 15 is 0 Å². The molecule has 2 aromatic heterocycles. The summed E-state index contributed by atoms with van der Waals surface area (Å²) >= 11 is 0. The molecule has 3 aromatic rings. The van der Waals surface area contributed by atoms with Crippen LogP contribution >= 0.6 is 0 Å². The molecule has 1 aromatic carbocycles. The number of benzene rings is 1. The molecular formula is C21H20N2O4. The molecule has 0 fully saturated rings. The van der Waals surface area contributed by atoms with Gasteiger partial charge in [0.2, 0.25) is 0 Å². The summed E-state index contributed by atoms with van der Waals surface area (Å²) in [6, 6.07) is 9.28. The fraction of sp³-hybridized carbons (Fsp3) is 0.286. The standard InChI is InChI=1S/C21H20N2O4/c1-13-18(26-12-19(24)23-11-14-5-2-3-10-22-14)9-8-16-15-6-4-7-17(15)21(25)27-20(13)16/h2-3,5,8-10H,4,6-7,11-12H2,1H3,(H,23,24). The molecular weight excluding hydrogens is 344 g/mol. The Labute approximate surface area is 156 Å². The number of carbonyl (C=O) groups is 1. The number of fused-ring (bicyclic) bond motifs is 3. The SMILES string of the molecule is Cc1c(OCC(=O)NCc2ccccn2)ccc2c3c(c(=O)oc12)CCC3. The molecule has 0 aliphatic heterocycles. The van der Waals surface area contributed by atoms with E-state index in [1.165, 1.54) is 0 Å². The van der Waals surface area contributed by atoms with Gasteiger partial charge in [0, 0.05) is 22.7 Å². The highest BCUT2D eigenvalue weighted by Gasteiger charge is 2.21. The van der Waals surface area contributed by atoms with E-state index in [-0.39, 0.29) is 18.1 Å². The van der Waals surface area contributed by atoms with Crippen LogP contribution in [0.5, 0.6) is 5.75 Å². The molecule has 0 saturated heterocycles. The summed E-state index contributed by atoms with van der Waals surface area (Å²) in [5.41, 5.74) is 3.68. The third-order valence-electron chi connectivity index (χ3n) is 4.89. The van der Waals surface area contributed by atoms with Crippen LogP contribution in [-0.2, 0) is 24.2 Å². The lowest BCUT2D eigenvalue weighted by Crippen LogP contribution is -2.28.